The molecule has 16 heavy (non-hydrogen) atoms. The maximum atomic E-state index is 12.4. The molecule has 1 aliphatic rings. The van der Waals surface area contributed by atoms with Crippen LogP contribution in [0.1, 0.15) is 24.6 Å². The molecule has 1 aliphatic heterocycles. The fourth-order valence-electron chi connectivity index (χ4n) is 1.55. The number of halogens is 5. The van der Waals surface area contributed by atoms with Crippen LogP contribution in [-0.2, 0) is 12.7 Å². The summed E-state index contributed by atoms with van der Waals surface area (Å²) in [6, 6.07) is -0.174. The minimum atomic E-state index is -4.41. The van der Waals surface area contributed by atoms with Crippen molar-refractivity contribution >= 4 is 24.8 Å². The molecule has 0 aliphatic carbocycles. The second kappa shape index (κ2) is 5.20. The van der Waals surface area contributed by atoms with Crippen molar-refractivity contribution in [1.29, 1.82) is 0 Å². The molecule has 2 rings (SSSR count). The molecule has 0 amide bonds. The predicted octanol–water partition coefficient (Wildman–Crippen LogP) is 1.80. The zero-order chi connectivity index (χ0) is 10.3. The van der Waals surface area contributed by atoms with E-state index in [1.807, 2.05) is 0 Å². The first-order valence-electron chi connectivity index (χ1n) is 4.24. The van der Waals surface area contributed by atoms with Crippen LogP contribution in [-0.4, -0.2) is 21.3 Å². The molecular weight excluding hydrogens is 268 g/mol. The van der Waals surface area contributed by atoms with Crippen LogP contribution in [0.25, 0.3) is 0 Å². The van der Waals surface area contributed by atoms with Crippen LogP contribution in [0.4, 0.5) is 13.2 Å². The number of aromatic nitrogens is 3. The Balaban J connectivity index is 0.00000112. The number of alkyl halides is 3. The average Bonchev–Trinajstić information content (AvgIpc) is 2.47. The first kappa shape index (κ1) is 15.5. The van der Waals surface area contributed by atoms with Crippen LogP contribution in [0.15, 0.2) is 0 Å². The Morgan fingerprint density at radius 3 is 2.50 bits per heavy atom. The summed E-state index contributed by atoms with van der Waals surface area (Å²) in [5.41, 5.74) is 0. The molecule has 1 atom stereocenters. The lowest BCUT2D eigenvalue weighted by Gasteiger charge is -2.22. The Morgan fingerprint density at radius 2 is 1.94 bits per heavy atom. The number of nitrogens with zero attached hydrogens (tertiary/aromatic N) is 3. The van der Waals surface area contributed by atoms with Crippen molar-refractivity contribution in [1.82, 2.24) is 20.1 Å². The molecule has 0 spiro atoms. The smallest absolute Gasteiger partial charge is 0.306 e. The molecule has 2 heterocycles. The third-order valence-electron chi connectivity index (χ3n) is 2.21. The van der Waals surface area contributed by atoms with E-state index in [0.29, 0.717) is 12.4 Å². The highest BCUT2D eigenvalue weighted by atomic mass is 35.5. The van der Waals surface area contributed by atoms with Gasteiger partial charge in [0.2, 0.25) is 5.82 Å². The lowest BCUT2D eigenvalue weighted by molar-refractivity contribution is -0.147. The van der Waals surface area contributed by atoms with Crippen molar-refractivity contribution in [3.05, 3.63) is 11.6 Å². The normalized spacial score (nSPS) is 19.4. The monoisotopic (exact) mass is 278 g/mol. The lowest BCUT2D eigenvalue weighted by atomic mass is 10.2. The van der Waals surface area contributed by atoms with Gasteiger partial charge >= 0.3 is 6.18 Å². The fourth-order valence-corrected chi connectivity index (χ4v) is 1.55. The van der Waals surface area contributed by atoms with Crippen LogP contribution in [0, 0.1) is 0 Å². The van der Waals surface area contributed by atoms with E-state index < -0.39 is 12.0 Å². The van der Waals surface area contributed by atoms with E-state index in [0.717, 1.165) is 4.57 Å². The van der Waals surface area contributed by atoms with Gasteiger partial charge in [0.25, 0.3) is 0 Å². The van der Waals surface area contributed by atoms with Gasteiger partial charge in [0.15, 0.2) is 0 Å². The van der Waals surface area contributed by atoms with Crippen molar-refractivity contribution in [3.8, 4) is 0 Å². The fraction of sp³-hybridized carbons (Fsp3) is 0.714. The minimum absolute atomic E-state index is 0. The van der Waals surface area contributed by atoms with E-state index in [1.165, 1.54) is 0 Å². The average molecular weight is 279 g/mol. The van der Waals surface area contributed by atoms with Crippen LogP contribution >= 0.6 is 24.8 Å². The summed E-state index contributed by atoms with van der Waals surface area (Å²) < 4.78 is 38.3. The number of hydrogen-bond donors (Lipinski definition) is 1. The highest BCUT2D eigenvalue weighted by Crippen LogP contribution is 2.30. The van der Waals surface area contributed by atoms with Gasteiger partial charge in [-0.3, -0.25) is 0 Å². The standard InChI is InChI=1S/C7H9F3N4.2ClH/c1-4-5-12-13-6(7(8,9)10)14(5)3-2-11-4;;/h4,11H,2-3H2,1H3;2*1H. The topological polar surface area (TPSA) is 42.7 Å². The molecule has 1 aromatic rings. The number of hydrogen-bond acceptors (Lipinski definition) is 3. The molecule has 1 N–H and O–H groups in total. The van der Waals surface area contributed by atoms with Crippen LogP contribution < -0.4 is 5.32 Å². The predicted molar refractivity (Wildman–Crippen MR) is 55.9 cm³/mol. The summed E-state index contributed by atoms with van der Waals surface area (Å²) in [5.74, 6) is -0.551. The van der Waals surface area contributed by atoms with Crippen molar-refractivity contribution in [3.63, 3.8) is 0 Å². The molecule has 0 bridgehead atoms. The largest absolute Gasteiger partial charge is 0.451 e. The molecule has 0 aromatic carbocycles. The van der Waals surface area contributed by atoms with Crippen LogP contribution in [0.5, 0.6) is 0 Å². The molecule has 0 radical (unpaired) electrons. The molecule has 1 aromatic heterocycles. The van der Waals surface area contributed by atoms with Crippen molar-refractivity contribution in [2.24, 2.45) is 0 Å². The SMILES string of the molecule is CC1NCCn2c1nnc2C(F)(F)F.Cl.Cl. The maximum absolute atomic E-state index is 12.4. The first-order chi connectivity index (χ1) is 6.50. The van der Waals surface area contributed by atoms with Gasteiger partial charge in [-0.2, -0.15) is 13.2 Å². The zero-order valence-electron chi connectivity index (χ0n) is 8.28. The van der Waals surface area contributed by atoms with E-state index >= 15 is 0 Å². The van der Waals surface area contributed by atoms with Crippen molar-refractivity contribution in [2.45, 2.75) is 25.7 Å². The summed E-state index contributed by atoms with van der Waals surface area (Å²) in [6.07, 6.45) is -4.41. The van der Waals surface area contributed by atoms with Crippen molar-refractivity contribution < 1.29 is 13.2 Å². The molecule has 0 saturated carbocycles. The zero-order valence-corrected chi connectivity index (χ0v) is 9.92. The van der Waals surface area contributed by atoms with Crippen LogP contribution in [0.3, 0.4) is 0 Å². The van der Waals surface area contributed by atoms with Gasteiger partial charge in [-0.15, -0.1) is 35.0 Å². The van der Waals surface area contributed by atoms with Gasteiger partial charge in [-0.05, 0) is 6.92 Å². The summed E-state index contributed by atoms with van der Waals surface area (Å²) in [7, 11) is 0. The quantitative estimate of drug-likeness (QED) is 0.787. The van der Waals surface area contributed by atoms with Gasteiger partial charge in [-0.25, -0.2) is 0 Å². The highest BCUT2D eigenvalue weighted by molar-refractivity contribution is 5.85. The molecule has 0 fully saturated rings. The van der Waals surface area contributed by atoms with E-state index in [9.17, 15) is 13.2 Å². The Labute approximate surface area is 102 Å². The van der Waals surface area contributed by atoms with Crippen LogP contribution in [0.2, 0.25) is 0 Å². The van der Waals surface area contributed by atoms with Gasteiger partial charge in [0.1, 0.15) is 5.82 Å². The number of rotatable bonds is 0. The minimum Gasteiger partial charge on any atom is -0.306 e. The van der Waals surface area contributed by atoms with Gasteiger partial charge in [-0.1, -0.05) is 0 Å². The second-order valence-electron chi connectivity index (χ2n) is 3.21. The van der Waals surface area contributed by atoms with E-state index in [-0.39, 0.29) is 37.4 Å². The Bertz CT molecular complexity index is 352. The number of nitrogens with one attached hydrogen (secondary N) is 1. The second-order valence-corrected chi connectivity index (χ2v) is 3.21. The van der Waals surface area contributed by atoms with Gasteiger partial charge < -0.3 is 9.88 Å². The molecule has 94 valence electrons. The van der Waals surface area contributed by atoms with E-state index in [2.05, 4.69) is 15.5 Å². The van der Waals surface area contributed by atoms with Gasteiger partial charge in [0.05, 0.1) is 6.04 Å². The molecule has 0 saturated heterocycles. The third kappa shape index (κ3) is 2.58. The van der Waals surface area contributed by atoms with Crippen molar-refractivity contribution in [2.75, 3.05) is 6.54 Å². The summed E-state index contributed by atoms with van der Waals surface area (Å²) >= 11 is 0. The summed E-state index contributed by atoms with van der Waals surface area (Å²) in [5, 5.41) is 9.71. The number of fused-ring (bicyclic) bond motifs is 1. The Morgan fingerprint density at radius 1 is 1.31 bits per heavy atom. The maximum Gasteiger partial charge on any atom is 0.451 e. The van der Waals surface area contributed by atoms with E-state index in [4.69, 9.17) is 0 Å². The van der Waals surface area contributed by atoms with Gasteiger partial charge in [0, 0.05) is 13.1 Å². The molecule has 4 nitrogen and oxygen atoms in total. The Kier molecular flexibility index (Phi) is 5.03. The highest BCUT2D eigenvalue weighted by Gasteiger charge is 2.39. The Hall–Kier alpha value is -0.530. The summed E-state index contributed by atoms with van der Waals surface area (Å²) in [4.78, 5) is 0. The first-order valence-corrected chi connectivity index (χ1v) is 4.24. The summed E-state index contributed by atoms with van der Waals surface area (Å²) in [6.45, 7) is 2.54. The lowest BCUT2D eigenvalue weighted by Crippen LogP contribution is -2.33. The molecule has 9 heteroatoms. The molecule has 1 unspecified atom stereocenters. The third-order valence-corrected chi connectivity index (χ3v) is 2.21. The van der Waals surface area contributed by atoms with E-state index in [1.54, 1.807) is 6.92 Å². The molecular formula is C7H11Cl2F3N4.